The second kappa shape index (κ2) is 10.6. The minimum absolute atomic E-state index is 0.127. The van der Waals surface area contributed by atoms with Gasteiger partial charge in [-0.2, -0.15) is 0 Å². The van der Waals surface area contributed by atoms with Crippen molar-refractivity contribution in [3.63, 3.8) is 0 Å². The predicted octanol–water partition coefficient (Wildman–Crippen LogP) is 3.83. The highest BCUT2D eigenvalue weighted by molar-refractivity contribution is 5.98. The minimum atomic E-state index is -0.970. The Kier molecular flexibility index (Phi) is 7.68. The second-order valence-electron chi connectivity index (χ2n) is 6.94. The lowest BCUT2D eigenvalue weighted by atomic mass is 10.2. The molecular weight excluding hydrogens is 386 g/mol. The van der Waals surface area contributed by atoms with Gasteiger partial charge in [0.2, 0.25) is 0 Å². The predicted molar refractivity (Wildman–Crippen MR) is 112 cm³/mol. The number of esters is 1. The first-order valence-electron chi connectivity index (χ1n) is 10.1. The van der Waals surface area contributed by atoms with Gasteiger partial charge in [0.15, 0.2) is 6.10 Å². The molecule has 0 spiro atoms. The molecule has 7 nitrogen and oxygen atoms in total. The van der Waals surface area contributed by atoms with Crippen LogP contribution in [-0.4, -0.2) is 43.9 Å². The topological polar surface area (TPSA) is 83.1 Å². The number of benzene rings is 2. The fraction of sp³-hybridized carbons (Fsp3) is 0.391. The number of carbonyl (C=O) groups is 2. The fourth-order valence-electron chi connectivity index (χ4n) is 3.02. The van der Waals surface area contributed by atoms with Crippen LogP contribution in [0.4, 0.5) is 5.69 Å². The van der Waals surface area contributed by atoms with E-state index in [9.17, 15) is 9.59 Å². The standard InChI is InChI=1S/C23H27NO6/c1-3-27-21-9-5-4-8-20(21)24-22(25)16(2)30-23(26)17-10-12-18(13-11-17)29-15-19-7-6-14-28-19/h4-5,8-13,16,19H,3,6-7,14-15H2,1-2H3,(H,24,25)/t16-,19-/m1/s1. The summed E-state index contributed by atoms with van der Waals surface area (Å²) in [6, 6.07) is 13.7. The van der Waals surface area contributed by atoms with Crippen LogP contribution in [0.3, 0.4) is 0 Å². The van der Waals surface area contributed by atoms with Crippen molar-refractivity contribution < 1.29 is 28.5 Å². The highest BCUT2D eigenvalue weighted by Crippen LogP contribution is 2.24. The lowest BCUT2D eigenvalue weighted by Crippen LogP contribution is -2.30. The number of hydrogen-bond donors (Lipinski definition) is 1. The Morgan fingerprint density at radius 1 is 1.13 bits per heavy atom. The van der Waals surface area contributed by atoms with Crippen LogP contribution >= 0.6 is 0 Å². The maximum atomic E-state index is 12.4. The zero-order valence-corrected chi connectivity index (χ0v) is 17.3. The van der Waals surface area contributed by atoms with Crippen LogP contribution in [0, 0.1) is 0 Å². The molecule has 1 aliphatic rings. The van der Waals surface area contributed by atoms with E-state index in [0.29, 0.717) is 36.0 Å². The quantitative estimate of drug-likeness (QED) is 0.629. The van der Waals surface area contributed by atoms with E-state index in [-0.39, 0.29) is 6.10 Å². The lowest BCUT2D eigenvalue weighted by molar-refractivity contribution is -0.123. The highest BCUT2D eigenvalue weighted by atomic mass is 16.5. The van der Waals surface area contributed by atoms with E-state index in [1.807, 2.05) is 13.0 Å². The molecular formula is C23H27NO6. The van der Waals surface area contributed by atoms with Crippen LogP contribution in [0.1, 0.15) is 37.0 Å². The molecule has 2 aromatic carbocycles. The van der Waals surface area contributed by atoms with Crippen LogP contribution in [0.15, 0.2) is 48.5 Å². The van der Waals surface area contributed by atoms with Crippen molar-refractivity contribution in [2.24, 2.45) is 0 Å². The van der Waals surface area contributed by atoms with Gasteiger partial charge in [0.25, 0.3) is 5.91 Å². The number of amides is 1. The van der Waals surface area contributed by atoms with Crippen molar-refractivity contribution in [1.82, 2.24) is 0 Å². The van der Waals surface area contributed by atoms with Gasteiger partial charge >= 0.3 is 5.97 Å². The third-order valence-corrected chi connectivity index (χ3v) is 4.65. The second-order valence-corrected chi connectivity index (χ2v) is 6.94. The molecule has 2 aromatic rings. The van der Waals surface area contributed by atoms with E-state index < -0.39 is 18.0 Å². The number of anilines is 1. The van der Waals surface area contributed by atoms with Crippen molar-refractivity contribution in [3.8, 4) is 11.5 Å². The largest absolute Gasteiger partial charge is 0.492 e. The maximum Gasteiger partial charge on any atom is 0.338 e. The first-order chi connectivity index (χ1) is 14.6. The first kappa shape index (κ1) is 21.6. The zero-order chi connectivity index (χ0) is 21.3. The molecule has 0 saturated carbocycles. The van der Waals surface area contributed by atoms with Gasteiger partial charge in [0, 0.05) is 6.61 Å². The monoisotopic (exact) mass is 413 g/mol. The number of nitrogens with one attached hydrogen (secondary N) is 1. The molecule has 1 heterocycles. The van der Waals surface area contributed by atoms with Crippen molar-refractivity contribution in [3.05, 3.63) is 54.1 Å². The normalized spacial score (nSPS) is 16.5. The van der Waals surface area contributed by atoms with Crippen molar-refractivity contribution >= 4 is 17.6 Å². The molecule has 1 saturated heterocycles. The summed E-state index contributed by atoms with van der Waals surface area (Å²) in [4.78, 5) is 24.8. The first-order valence-corrected chi connectivity index (χ1v) is 10.1. The van der Waals surface area contributed by atoms with Crippen LogP contribution in [0.25, 0.3) is 0 Å². The van der Waals surface area contributed by atoms with Crippen molar-refractivity contribution in [2.45, 2.75) is 38.9 Å². The Hall–Kier alpha value is -3.06. The summed E-state index contributed by atoms with van der Waals surface area (Å²) in [5.41, 5.74) is 0.869. The van der Waals surface area contributed by atoms with Crippen molar-refractivity contribution in [1.29, 1.82) is 0 Å². The molecule has 0 bridgehead atoms. The molecule has 7 heteroatoms. The van der Waals surface area contributed by atoms with Gasteiger partial charge in [-0.1, -0.05) is 12.1 Å². The summed E-state index contributed by atoms with van der Waals surface area (Å²) in [6.07, 6.45) is 1.21. The molecule has 160 valence electrons. The summed E-state index contributed by atoms with van der Waals surface area (Å²) in [5, 5.41) is 2.73. The molecule has 1 aliphatic heterocycles. The molecule has 3 rings (SSSR count). The molecule has 2 atom stereocenters. The molecule has 0 aromatic heterocycles. The summed E-state index contributed by atoms with van der Waals surface area (Å²) in [7, 11) is 0. The van der Waals surface area contributed by atoms with Gasteiger partial charge in [-0.05, 0) is 63.1 Å². The van der Waals surface area contributed by atoms with Gasteiger partial charge in [0.05, 0.1) is 24.0 Å². The average molecular weight is 413 g/mol. The van der Waals surface area contributed by atoms with E-state index >= 15 is 0 Å². The Labute approximate surface area is 176 Å². The molecule has 0 aliphatic carbocycles. The van der Waals surface area contributed by atoms with Gasteiger partial charge in [0.1, 0.15) is 18.1 Å². The van der Waals surface area contributed by atoms with E-state index in [2.05, 4.69) is 5.32 Å². The molecule has 1 amide bonds. The fourth-order valence-corrected chi connectivity index (χ4v) is 3.02. The summed E-state index contributed by atoms with van der Waals surface area (Å²) < 4.78 is 22.0. The molecule has 1 N–H and O–H groups in total. The molecule has 1 fully saturated rings. The smallest absolute Gasteiger partial charge is 0.338 e. The maximum absolute atomic E-state index is 12.4. The Morgan fingerprint density at radius 3 is 2.60 bits per heavy atom. The third kappa shape index (κ3) is 5.97. The number of carbonyl (C=O) groups excluding carboxylic acids is 2. The van der Waals surface area contributed by atoms with Gasteiger partial charge < -0.3 is 24.3 Å². The Morgan fingerprint density at radius 2 is 1.90 bits per heavy atom. The van der Waals surface area contributed by atoms with E-state index in [4.69, 9.17) is 18.9 Å². The molecule has 30 heavy (non-hydrogen) atoms. The third-order valence-electron chi connectivity index (χ3n) is 4.65. The zero-order valence-electron chi connectivity index (χ0n) is 17.3. The number of hydrogen-bond acceptors (Lipinski definition) is 6. The van der Waals surface area contributed by atoms with E-state index in [1.165, 1.54) is 6.92 Å². The lowest BCUT2D eigenvalue weighted by Gasteiger charge is -2.16. The van der Waals surface area contributed by atoms with E-state index in [1.54, 1.807) is 42.5 Å². The Balaban J connectivity index is 1.51. The minimum Gasteiger partial charge on any atom is -0.492 e. The summed E-state index contributed by atoms with van der Waals surface area (Å²) in [5.74, 6) is 0.194. The van der Waals surface area contributed by atoms with Crippen LogP contribution in [-0.2, 0) is 14.3 Å². The van der Waals surface area contributed by atoms with Crippen molar-refractivity contribution in [2.75, 3.05) is 25.1 Å². The van der Waals surface area contributed by atoms with Gasteiger partial charge in [-0.3, -0.25) is 4.79 Å². The Bertz CT molecular complexity index is 845. The number of rotatable bonds is 9. The summed E-state index contributed by atoms with van der Waals surface area (Å²) in [6.45, 7) is 5.13. The summed E-state index contributed by atoms with van der Waals surface area (Å²) >= 11 is 0. The van der Waals surface area contributed by atoms with Gasteiger partial charge in [-0.25, -0.2) is 4.79 Å². The average Bonchev–Trinajstić information content (AvgIpc) is 3.28. The molecule has 0 unspecified atom stereocenters. The molecule has 0 radical (unpaired) electrons. The van der Waals surface area contributed by atoms with Crippen LogP contribution in [0.2, 0.25) is 0 Å². The van der Waals surface area contributed by atoms with Crippen LogP contribution in [0.5, 0.6) is 11.5 Å². The number of ether oxygens (including phenoxy) is 4. The number of para-hydroxylation sites is 2. The highest BCUT2D eigenvalue weighted by Gasteiger charge is 2.20. The SMILES string of the molecule is CCOc1ccccc1NC(=O)[C@@H](C)OC(=O)c1ccc(OC[C@H]2CCCO2)cc1. The van der Waals surface area contributed by atoms with Gasteiger partial charge in [-0.15, -0.1) is 0 Å². The van der Waals surface area contributed by atoms with E-state index in [0.717, 1.165) is 19.4 Å². The van der Waals surface area contributed by atoms with Crippen LogP contribution < -0.4 is 14.8 Å².